The van der Waals surface area contributed by atoms with E-state index in [-0.39, 0.29) is 12.5 Å². The van der Waals surface area contributed by atoms with Gasteiger partial charge in [0.05, 0.1) is 7.11 Å². The summed E-state index contributed by atoms with van der Waals surface area (Å²) in [5.74, 6) is -0.711. The summed E-state index contributed by atoms with van der Waals surface area (Å²) in [4.78, 5) is 22.7. The van der Waals surface area contributed by atoms with Crippen molar-refractivity contribution < 1.29 is 14.3 Å². The Hall–Kier alpha value is -2.04. The molecule has 0 unspecified atom stereocenters. The molecule has 1 aromatic rings. The van der Waals surface area contributed by atoms with Gasteiger partial charge in [0.25, 0.3) is 5.91 Å². The lowest BCUT2D eigenvalue weighted by Crippen LogP contribution is -2.30. The topological polar surface area (TPSA) is 67.4 Å². The number of hydrogen-bond donors (Lipinski definition) is 2. The van der Waals surface area contributed by atoms with Crippen molar-refractivity contribution in [3.8, 4) is 0 Å². The number of carbonyl (C=O) groups excluding carboxylic acids is 2. The van der Waals surface area contributed by atoms with Crippen LogP contribution < -0.4 is 10.6 Å². The van der Waals surface area contributed by atoms with Gasteiger partial charge in [0.1, 0.15) is 6.54 Å². The highest BCUT2D eigenvalue weighted by molar-refractivity contribution is 5.96. The summed E-state index contributed by atoms with van der Waals surface area (Å²) in [6.07, 6.45) is 2.04. The average molecular weight is 248 g/mol. The quantitative estimate of drug-likeness (QED) is 0.781. The van der Waals surface area contributed by atoms with Crippen LogP contribution in [0.3, 0.4) is 0 Å². The van der Waals surface area contributed by atoms with Crippen LogP contribution in [0.2, 0.25) is 0 Å². The maximum absolute atomic E-state index is 11.8. The Morgan fingerprint density at radius 3 is 3.06 bits per heavy atom. The number of rotatable bonds is 3. The molecule has 0 bridgehead atoms. The third-order valence-electron chi connectivity index (χ3n) is 2.93. The number of anilines is 1. The normalized spacial score (nSPS) is 13.2. The Labute approximate surface area is 106 Å². The molecule has 1 aliphatic heterocycles. The van der Waals surface area contributed by atoms with Crippen molar-refractivity contribution in [1.82, 2.24) is 5.32 Å². The summed E-state index contributed by atoms with van der Waals surface area (Å²) < 4.78 is 4.46. The number of esters is 1. The molecule has 2 rings (SSSR count). The fourth-order valence-corrected chi connectivity index (χ4v) is 1.94. The van der Waals surface area contributed by atoms with Gasteiger partial charge in [-0.2, -0.15) is 0 Å². The number of ether oxygens (including phenoxy) is 1. The van der Waals surface area contributed by atoms with Gasteiger partial charge in [-0.25, -0.2) is 0 Å². The van der Waals surface area contributed by atoms with Gasteiger partial charge < -0.3 is 15.4 Å². The van der Waals surface area contributed by atoms with Gasteiger partial charge in [0.15, 0.2) is 0 Å². The molecule has 96 valence electrons. The molecule has 0 spiro atoms. The minimum absolute atomic E-state index is 0.106. The van der Waals surface area contributed by atoms with Crippen molar-refractivity contribution in [3.63, 3.8) is 0 Å². The van der Waals surface area contributed by atoms with Gasteiger partial charge in [-0.15, -0.1) is 0 Å². The molecule has 0 aliphatic carbocycles. The highest BCUT2D eigenvalue weighted by Gasteiger charge is 2.13. The molecule has 2 N–H and O–H groups in total. The molecule has 0 saturated carbocycles. The maximum Gasteiger partial charge on any atom is 0.325 e. The van der Waals surface area contributed by atoms with Crippen LogP contribution in [0.25, 0.3) is 0 Å². The molecular formula is C13H16N2O3. The van der Waals surface area contributed by atoms with E-state index in [4.69, 9.17) is 0 Å². The molecule has 0 aromatic heterocycles. The number of nitrogens with one attached hydrogen (secondary N) is 2. The minimum atomic E-state index is -0.456. The zero-order valence-corrected chi connectivity index (χ0v) is 10.3. The SMILES string of the molecule is COC(=O)CNC(=O)c1ccc2c(c1)CCCN2. The Bertz CT molecular complexity index is 471. The fraction of sp³-hybridized carbons (Fsp3) is 0.385. The zero-order valence-electron chi connectivity index (χ0n) is 10.3. The van der Waals surface area contributed by atoms with Crippen LogP contribution in [0.5, 0.6) is 0 Å². The summed E-state index contributed by atoms with van der Waals surface area (Å²) in [6, 6.07) is 5.53. The first-order chi connectivity index (χ1) is 8.70. The van der Waals surface area contributed by atoms with Gasteiger partial charge in [-0.05, 0) is 36.6 Å². The first-order valence-electron chi connectivity index (χ1n) is 5.92. The largest absolute Gasteiger partial charge is 0.468 e. The van der Waals surface area contributed by atoms with E-state index in [1.807, 2.05) is 12.1 Å². The van der Waals surface area contributed by atoms with Crippen LogP contribution in [0.4, 0.5) is 5.69 Å². The smallest absolute Gasteiger partial charge is 0.325 e. The van der Waals surface area contributed by atoms with E-state index < -0.39 is 5.97 Å². The minimum Gasteiger partial charge on any atom is -0.468 e. The summed E-state index contributed by atoms with van der Waals surface area (Å²) in [5, 5.41) is 5.80. The Kier molecular flexibility index (Phi) is 3.82. The molecule has 1 heterocycles. The van der Waals surface area contributed by atoms with Crippen LogP contribution >= 0.6 is 0 Å². The number of amides is 1. The lowest BCUT2D eigenvalue weighted by molar-refractivity contribution is -0.139. The standard InChI is InChI=1S/C13H16N2O3/c1-18-12(16)8-15-13(17)10-4-5-11-9(7-10)3-2-6-14-11/h4-5,7,14H,2-3,6,8H2,1H3,(H,15,17). The zero-order chi connectivity index (χ0) is 13.0. The van der Waals surface area contributed by atoms with Crippen molar-refractivity contribution in [2.75, 3.05) is 25.5 Å². The summed E-state index contributed by atoms with van der Waals surface area (Å²) >= 11 is 0. The highest BCUT2D eigenvalue weighted by atomic mass is 16.5. The average Bonchev–Trinajstić information content (AvgIpc) is 2.43. The van der Waals surface area contributed by atoms with E-state index in [1.165, 1.54) is 7.11 Å². The van der Waals surface area contributed by atoms with Gasteiger partial charge in [-0.1, -0.05) is 0 Å². The van der Waals surface area contributed by atoms with Gasteiger partial charge in [-0.3, -0.25) is 9.59 Å². The number of hydrogen-bond acceptors (Lipinski definition) is 4. The molecule has 5 nitrogen and oxygen atoms in total. The number of fused-ring (bicyclic) bond motifs is 1. The Balaban J connectivity index is 2.04. The van der Waals surface area contributed by atoms with Crippen LogP contribution in [0.15, 0.2) is 18.2 Å². The van der Waals surface area contributed by atoms with Crippen molar-refractivity contribution in [2.24, 2.45) is 0 Å². The van der Waals surface area contributed by atoms with Gasteiger partial charge in [0, 0.05) is 17.8 Å². The monoisotopic (exact) mass is 248 g/mol. The van der Waals surface area contributed by atoms with E-state index in [0.29, 0.717) is 5.56 Å². The third kappa shape index (κ3) is 2.80. The Morgan fingerprint density at radius 1 is 1.44 bits per heavy atom. The lowest BCUT2D eigenvalue weighted by Gasteiger charge is -2.18. The van der Waals surface area contributed by atoms with Gasteiger partial charge in [0.2, 0.25) is 0 Å². The first kappa shape index (κ1) is 12.4. The molecular weight excluding hydrogens is 232 g/mol. The highest BCUT2D eigenvalue weighted by Crippen LogP contribution is 2.22. The first-order valence-corrected chi connectivity index (χ1v) is 5.92. The number of carbonyl (C=O) groups is 2. The molecule has 1 aliphatic rings. The number of aryl methyl sites for hydroxylation is 1. The number of methoxy groups -OCH3 is 1. The predicted molar refractivity (Wildman–Crippen MR) is 67.6 cm³/mol. The third-order valence-corrected chi connectivity index (χ3v) is 2.93. The van der Waals surface area contributed by atoms with E-state index in [1.54, 1.807) is 6.07 Å². The van der Waals surface area contributed by atoms with Crippen LogP contribution in [0, 0.1) is 0 Å². The maximum atomic E-state index is 11.8. The molecule has 1 aromatic carbocycles. The molecule has 0 saturated heterocycles. The second kappa shape index (κ2) is 5.53. The predicted octanol–water partition coefficient (Wildman–Crippen LogP) is 0.947. The second-order valence-electron chi connectivity index (χ2n) is 4.16. The fourth-order valence-electron chi connectivity index (χ4n) is 1.94. The van der Waals surface area contributed by atoms with Gasteiger partial charge >= 0.3 is 5.97 Å². The summed E-state index contributed by atoms with van der Waals surface area (Å²) in [6.45, 7) is 0.867. The molecule has 18 heavy (non-hydrogen) atoms. The molecule has 0 fully saturated rings. The molecule has 5 heteroatoms. The van der Waals surface area contributed by atoms with Crippen molar-refractivity contribution in [1.29, 1.82) is 0 Å². The number of benzene rings is 1. The van der Waals surface area contributed by atoms with Crippen molar-refractivity contribution in [2.45, 2.75) is 12.8 Å². The van der Waals surface area contributed by atoms with Crippen molar-refractivity contribution >= 4 is 17.6 Å². The Morgan fingerprint density at radius 2 is 2.28 bits per heavy atom. The summed E-state index contributed by atoms with van der Waals surface area (Å²) in [5.41, 5.74) is 2.80. The second-order valence-corrected chi connectivity index (χ2v) is 4.16. The van der Waals surface area contributed by atoms with E-state index in [9.17, 15) is 9.59 Å². The van der Waals surface area contributed by atoms with Crippen LogP contribution in [-0.4, -0.2) is 32.1 Å². The lowest BCUT2D eigenvalue weighted by atomic mass is 10.0. The van der Waals surface area contributed by atoms with Crippen LogP contribution in [0.1, 0.15) is 22.3 Å². The molecule has 0 radical (unpaired) electrons. The molecule has 0 atom stereocenters. The van der Waals surface area contributed by atoms with E-state index in [0.717, 1.165) is 30.6 Å². The van der Waals surface area contributed by atoms with E-state index >= 15 is 0 Å². The summed E-state index contributed by atoms with van der Waals surface area (Å²) in [7, 11) is 1.29. The van der Waals surface area contributed by atoms with Crippen LogP contribution in [-0.2, 0) is 16.0 Å². The van der Waals surface area contributed by atoms with Crippen molar-refractivity contribution in [3.05, 3.63) is 29.3 Å². The van der Waals surface area contributed by atoms with E-state index in [2.05, 4.69) is 15.4 Å². The molecule has 1 amide bonds.